The molecule has 1 heteroatoms. The lowest BCUT2D eigenvalue weighted by Crippen LogP contribution is -1.60. The van der Waals surface area contributed by atoms with Gasteiger partial charge in [-0.1, -0.05) is 19.9 Å². The molecule has 0 rings (SSSR count). The van der Waals surface area contributed by atoms with Crippen LogP contribution >= 0.6 is 0 Å². The molecule has 44 valence electrons. The van der Waals surface area contributed by atoms with Gasteiger partial charge in [-0.05, 0) is 13.8 Å². The second kappa shape index (κ2) is 9.11. The lowest BCUT2D eigenvalue weighted by molar-refractivity contribution is 0.413. The van der Waals surface area contributed by atoms with Crippen LogP contribution in [0.1, 0.15) is 27.7 Å². The minimum absolute atomic E-state index is 0.380. The first-order valence-electron chi connectivity index (χ1n) is 2.59. The first-order chi connectivity index (χ1) is 3.27. The Hall–Kier alpha value is -0.460. The molecule has 0 heterocycles. The van der Waals surface area contributed by atoms with Gasteiger partial charge >= 0.3 is 0 Å². The maximum atomic E-state index is 8.22. The molecule has 0 bridgehead atoms. The maximum Gasteiger partial charge on any atom is 0.0849 e. The van der Waals surface area contributed by atoms with Crippen LogP contribution in [0.4, 0.5) is 0 Å². The summed E-state index contributed by atoms with van der Waals surface area (Å²) >= 11 is 0. The van der Waals surface area contributed by atoms with Gasteiger partial charge in [0.25, 0.3) is 0 Å². The van der Waals surface area contributed by atoms with Crippen LogP contribution in [-0.2, 0) is 0 Å². The van der Waals surface area contributed by atoms with Crippen molar-refractivity contribution < 1.29 is 5.11 Å². The third kappa shape index (κ3) is 29.3. The predicted molar refractivity (Wildman–Crippen MR) is 33.4 cm³/mol. The molecule has 0 atom stereocenters. The van der Waals surface area contributed by atoms with Crippen molar-refractivity contribution in [3.63, 3.8) is 0 Å². The van der Waals surface area contributed by atoms with Gasteiger partial charge in [-0.2, -0.15) is 0 Å². The van der Waals surface area contributed by atoms with Crippen LogP contribution in [0, 0.1) is 0 Å². The maximum absolute atomic E-state index is 8.22. The fourth-order valence-electron chi connectivity index (χ4n) is 0. The van der Waals surface area contributed by atoms with Crippen LogP contribution in [0.3, 0.4) is 0 Å². The van der Waals surface area contributed by atoms with E-state index in [1.165, 1.54) is 0 Å². The molecule has 0 unspecified atom stereocenters. The molecule has 0 radical (unpaired) electrons. The zero-order valence-corrected chi connectivity index (χ0v) is 5.52. The van der Waals surface area contributed by atoms with Crippen molar-refractivity contribution in [1.29, 1.82) is 0 Å². The highest BCUT2D eigenvalue weighted by molar-refractivity contribution is 4.79. The Kier molecular flexibility index (Phi) is 12.7. The van der Waals surface area contributed by atoms with Crippen molar-refractivity contribution in [3.05, 3.63) is 11.8 Å². The minimum atomic E-state index is 0.380. The van der Waals surface area contributed by atoms with Gasteiger partial charge in [0.05, 0.1) is 5.76 Å². The average molecular weight is 102 g/mol. The van der Waals surface area contributed by atoms with Gasteiger partial charge in [-0.25, -0.2) is 0 Å². The molecular weight excluding hydrogens is 88.1 g/mol. The molecule has 1 nitrogen and oxygen atoms in total. The molecule has 0 aliphatic heterocycles. The Balaban J connectivity index is 0. The summed E-state index contributed by atoms with van der Waals surface area (Å²) in [6.07, 6.45) is 1.64. The molecule has 0 aromatic heterocycles. The SMILES string of the molecule is C/C=C(/C)O.CC. The predicted octanol–water partition coefficient (Wildman–Crippen LogP) is 2.49. The van der Waals surface area contributed by atoms with Gasteiger partial charge in [0.2, 0.25) is 0 Å². The van der Waals surface area contributed by atoms with Crippen molar-refractivity contribution in [1.82, 2.24) is 0 Å². The number of aliphatic hydroxyl groups is 1. The Morgan fingerprint density at radius 3 is 1.57 bits per heavy atom. The molecule has 0 saturated heterocycles. The average Bonchev–Trinajstić information content (AvgIpc) is 1.73. The lowest BCUT2D eigenvalue weighted by Gasteiger charge is -1.75. The van der Waals surface area contributed by atoms with Crippen molar-refractivity contribution >= 4 is 0 Å². The van der Waals surface area contributed by atoms with Gasteiger partial charge in [0.1, 0.15) is 0 Å². The Bertz CT molecular complexity index is 42.1. The lowest BCUT2D eigenvalue weighted by atomic mass is 10.5. The standard InChI is InChI=1S/C4H8O.C2H6/c1-3-4(2)5;1-2/h3,5H,1-2H3;1-2H3/b4-3-;. The molecular formula is C6H14O. The van der Waals surface area contributed by atoms with Gasteiger partial charge in [-0.15, -0.1) is 0 Å². The highest BCUT2D eigenvalue weighted by Crippen LogP contribution is 1.77. The highest BCUT2D eigenvalue weighted by Gasteiger charge is 1.63. The summed E-state index contributed by atoms with van der Waals surface area (Å²) in [6, 6.07) is 0. The number of allylic oxidation sites excluding steroid dienone is 2. The van der Waals surface area contributed by atoms with Gasteiger partial charge in [0, 0.05) is 0 Å². The Morgan fingerprint density at radius 2 is 1.57 bits per heavy atom. The summed E-state index contributed by atoms with van der Waals surface area (Å²) in [5, 5.41) is 8.22. The summed E-state index contributed by atoms with van der Waals surface area (Å²) in [7, 11) is 0. The van der Waals surface area contributed by atoms with E-state index in [9.17, 15) is 0 Å². The summed E-state index contributed by atoms with van der Waals surface area (Å²) in [6.45, 7) is 7.43. The molecule has 0 aliphatic rings. The molecule has 0 aromatic rings. The van der Waals surface area contributed by atoms with Crippen LogP contribution in [-0.4, -0.2) is 5.11 Å². The van der Waals surface area contributed by atoms with Crippen LogP contribution < -0.4 is 0 Å². The number of rotatable bonds is 0. The van der Waals surface area contributed by atoms with Crippen LogP contribution in [0.2, 0.25) is 0 Å². The van der Waals surface area contributed by atoms with E-state index < -0.39 is 0 Å². The largest absolute Gasteiger partial charge is 0.513 e. The highest BCUT2D eigenvalue weighted by atomic mass is 16.3. The molecule has 0 spiro atoms. The smallest absolute Gasteiger partial charge is 0.0849 e. The van der Waals surface area contributed by atoms with E-state index >= 15 is 0 Å². The van der Waals surface area contributed by atoms with E-state index in [4.69, 9.17) is 5.11 Å². The van der Waals surface area contributed by atoms with Crippen molar-refractivity contribution in [2.45, 2.75) is 27.7 Å². The molecule has 0 fully saturated rings. The first kappa shape index (κ1) is 9.74. The Labute approximate surface area is 45.7 Å². The number of hydrogen-bond donors (Lipinski definition) is 1. The second-order valence-electron chi connectivity index (χ2n) is 0.930. The summed E-state index contributed by atoms with van der Waals surface area (Å²) < 4.78 is 0. The van der Waals surface area contributed by atoms with Crippen molar-refractivity contribution in [2.75, 3.05) is 0 Å². The van der Waals surface area contributed by atoms with Crippen LogP contribution in [0.15, 0.2) is 11.8 Å². The fraction of sp³-hybridized carbons (Fsp3) is 0.667. The summed E-state index contributed by atoms with van der Waals surface area (Å²) in [5.74, 6) is 0.380. The van der Waals surface area contributed by atoms with E-state index in [2.05, 4.69) is 0 Å². The number of aliphatic hydroxyl groups excluding tert-OH is 1. The third-order valence-electron chi connectivity index (χ3n) is 0.418. The molecule has 0 aromatic carbocycles. The van der Waals surface area contributed by atoms with E-state index in [0.717, 1.165) is 0 Å². The van der Waals surface area contributed by atoms with E-state index in [1.54, 1.807) is 19.9 Å². The second-order valence-corrected chi connectivity index (χ2v) is 0.930. The monoisotopic (exact) mass is 102 g/mol. The van der Waals surface area contributed by atoms with E-state index in [0.29, 0.717) is 5.76 Å². The van der Waals surface area contributed by atoms with Crippen LogP contribution in [0.5, 0.6) is 0 Å². The topological polar surface area (TPSA) is 20.2 Å². The quantitative estimate of drug-likeness (QED) is 0.466. The molecule has 0 amide bonds. The fourth-order valence-corrected chi connectivity index (χ4v) is 0. The summed E-state index contributed by atoms with van der Waals surface area (Å²) in [4.78, 5) is 0. The van der Waals surface area contributed by atoms with Crippen LogP contribution in [0.25, 0.3) is 0 Å². The first-order valence-corrected chi connectivity index (χ1v) is 2.59. The van der Waals surface area contributed by atoms with E-state index in [1.807, 2.05) is 13.8 Å². The van der Waals surface area contributed by atoms with Gasteiger partial charge in [-0.3, -0.25) is 0 Å². The Morgan fingerprint density at radius 1 is 1.43 bits per heavy atom. The molecule has 0 aliphatic carbocycles. The zero-order chi connectivity index (χ0) is 6.28. The van der Waals surface area contributed by atoms with Crippen molar-refractivity contribution in [3.8, 4) is 0 Å². The molecule has 1 N–H and O–H groups in total. The van der Waals surface area contributed by atoms with Gasteiger partial charge < -0.3 is 5.11 Å². The van der Waals surface area contributed by atoms with E-state index in [-0.39, 0.29) is 0 Å². The molecule has 0 saturated carbocycles. The van der Waals surface area contributed by atoms with Crippen molar-refractivity contribution in [2.24, 2.45) is 0 Å². The zero-order valence-electron chi connectivity index (χ0n) is 5.52. The molecule has 7 heavy (non-hydrogen) atoms. The normalized spacial score (nSPS) is 9.43. The third-order valence-corrected chi connectivity index (χ3v) is 0.418. The van der Waals surface area contributed by atoms with Gasteiger partial charge in [0.15, 0.2) is 0 Å². The minimum Gasteiger partial charge on any atom is -0.513 e. The summed E-state index contributed by atoms with van der Waals surface area (Å²) in [5.41, 5.74) is 0. The number of hydrogen-bond acceptors (Lipinski definition) is 1.